The number of amides is 2. The topological polar surface area (TPSA) is 144 Å². The number of carbonyl (C=O) groups excluding carboxylic acids is 2. The summed E-state index contributed by atoms with van der Waals surface area (Å²) < 4.78 is 21.7. The Balaban J connectivity index is 1.93. The highest BCUT2D eigenvalue weighted by Crippen LogP contribution is 2.26. The van der Waals surface area contributed by atoms with Gasteiger partial charge in [0.15, 0.2) is 0 Å². The maximum absolute atomic E-state index is 12.5. The van der Waals surface area contributed by atoms with Crippen LogP contribution in [-0.2, 0) is 14.2 Å². The van der Waals surface area contributed by atoms with Crippen LogP contribution in [0.1, 0.15) is 67.0 Å². The lowest BCUT2D eigenvalue weighted by atomic mass is 9.98. The summed E-state index contributed by atoms with van der Waals surface area (Å²) in [6, 6.07) is 1.70. The lowest BCUT2D eigenvalue weighted by Gasteiger charge is -2.33. The average molecular weight is 584 g/mol. The van der Waals surface area contributed by atoms with Gasteiger partial charge in [0, 0.05) is 19.2 Å². The molecule has 226 valence electrons. The van der Waals surface area contributed by atoms with E-state index in [4.69, 9.17) is 18.9 Å². The largest absolute Gasteiger partial charge is 0.494 e. The number of hydrogen-bond donors (Lipinski definition) is 3. The van der Waals surface area contributed by atoms with Crippen molar-refractivity contribution in [2.24, 2.45) is 10.9 Å². The zero-order valence-corrected chi connectivity index (χ0v) is 25.7. The van der Waals surface area contributed by atoms with E-state index < -0.39 is 24.3 Å². The van der Waals surface area contributed by atoms with E-state index in [1.807, 2.05) is 41.5 Å². The van der Waals surface area contributed by atoms with Crippen LogP contribution in [-0.4, -0.2) is 89.1 Å². The molecule has 1 aromatic heterocycles. The van der Waals surface area contributed by atoms with Crippen molar-refractivity contribution in [3.05, 3.63) is 18.0 Å². The molecular formula is C27H45N5O7S. The summed E-state index contributed by atoms with van der Waals surface area (Å²) in [4.78, 5) is 35.5. The first-order valence-electron chi connectivity index (χ1n) is 13.6. The number of pyridine rings is 1. The van der Waals surface area contributed by atoms with Gasteiger partial charge in [0.1, 0.15) is 28.3 Å². The van der Waals surface area contributed by atoms with Crippen molar-refractivity contribution in [3.63, 3.8) is 0 Å². The summed E-state index contributed by atoms with van der Waals surface area (Å²) in [5, 5.41) is 16.1. The van der Waals surface area contributed by atoms with Crippen LogP contribution in [0.3, 0.4) is 0 Å². The minimum Gasteiger partial charge on any atom is -0.494 e. The minimum atomic E-state index is -1.19. The van der Waals surface area contributed by atoms with Crippen LogP contribution in [0.5, 0.6) is 5.75 Å². The molecule has 0 aliphatic carbocycles. The van der Waals surface area contributed by atoms with E-state index in [0.717, 1.165) is 18.6 Å². The van der Waals surface area contributed by atoms with Gasteiger partial charge in [-0.1, -0.05) is 6.92 Å². The molecule has 2 atom stereocenters. The van der Waals surface area contributed by atoms with E-state index >= 15 is 0 Å². The van der Waals surface area contributed by atoms with Gasteiger partial charge in [0.2, 0.25) is 6.41 Å². The van der Waals surface area contributed by atoms with Crippen LogP contribution in [0.2, 0.25) is 0 Å². The number of carbonyl (C=O) groups is 2. The number of hydrogen-bond acceptors (Lipinski definition) is 11. The number of aliphatic hydroxyl groups excluding tert-OH is 1. The van der Waals surface area contributed by atoms with Crippen LogP contribution >= 0.6 is 11.8 Å². The SMILES string of the molecule is CCS/C(=N\C(C)NC(=O)OCC1CCN(C(=O)OC(C)(C)C)CC1)c1ncc(NC(O)OC(C)C)cc1OC. The van der Waals surface area contributed by atoms with Gasteiger partial charge >= 0.3 is 12.2 Å². The molecule has 0 radical (unpaired) electrons. The number of anilines is 1. The number of alkyl carbamates (subject to hydrolysis) is 1. The predicted octanol–water partition coefficient (Wildman–Crippen LogP) is 4.42. The van der Waals surface area contributed by atoms with Crippen LogP contribution in [0.25, 0.3) is 0 Å². The number of thioether (sulfide) groups is 1. The van der Waals surface area contributed by atoms with Crippen molar-refractivity contribution in [1.82, 2.24) is 15.2 Å². The Morgan fingerprint density at radius 1 is 1.25 bits per heavy atom. The van der Waals surface area contributed by atoms with Gasteiger partial charge in [-0.25, -0.2) is 14.6 Å². The predicted molar refractivity (Wildman–Crippen MR) is 156 cm³/mol. The number of rotatable bonds is 11. The van der Waals surface area contributed by atoms with Crippen molar-refractivity contribution in [1.29, 1.82) is 0 Å². The smallest absolute Gasteiger partial charge is 0.410 e. The van der Waals surface area contributed by atoms with Crippen molar-refractivity contribution in [2.75, 3.05) is 37.9 Å². The molecule has 40 heavy (non-hydrogen) atoms. The first-order chi connectivity index (χ1) is 18.8. The molecule has 2 amide bonds. The van der Waals surface area contributed by atoms with Gasteiger partial charge in [-0.15, -0.1) is 11.8 Å². The van der Waals surface area contributed by atoms with Gasteiger partial charge in [0.05, 0.1) is 31.7 Å². The number of nitrogens with zero attached hydrogens (tertiary/aromatic N) is 3. The number of nitrogens with one attached hydrogen (secondary N) is 2. The zero-order valence-electron chi connectivity index (χ0n) is 24.9. The van der Waals surface area contributed by atoms with E-state index in [1.165, 1.54) is 18.9 Å². The van der Waals surface area contributed by atoms with E-state index in [2.05, 4.69) is 20.6 Å². The maximum atomic E-state index is 12.5. The molecule has 2 heterocycles. The third kappa shape index (κ3) is 11.8. The molecule has 2 unspecified atom stereocenters. The van der Waals surface area contributed by atoms with E-state index in [9.17, 15) is 14.7 Å². The zero-order chi connectivity index (χ0) is 29.9. The van der Waals surface area contributed by atoms with E-state index in [-0.39, 0.29) is 24.7 Å². The van der Waals surface area contributed by atoms with Gasteiger partial charge < -0.3 is 34.3 Å². The summed E-state index contributed by atoms with van der Waals surface area (Å²) in [7, 11) is 1.52. The molecule has 0 saturated carbocycles. The lowest BCUT2D eigenvalue weighted by Crippen LogP contribution is -2.42. The third-order valence-electron chi connectivity index (χ3n) is 5.60. The van der Waals surface area contributed by atoms with Crippen LogP contribution in [0.4, 0.5) is 15.3 Å². The second kappa shape index (κ2) is 15.9. The number of piperidine rings is 1. The Hall–Kier alpha value is -2.77. The molecule has 1 aromatic rings. The molecule has 1 aliphatic heterocycles. The van der Waals surface area contributed by atoms with E-state index in [1.54, 1.807) is 24.1 Å². The molecule has 3 N–H and O–H groups in total. The van der Waals surface area contributed by atoms with Crippen molar-refractivity contribution in [3.8, 4) is 5.75 Å². The fraction of sp³-hybridized carbons (Fsp3) is 0.704. The Bertz CT molecular complexity index is 994. The minimum absolute atomic E-state index is 0.158. The first-order valence-corrected chi connectivity index (χ1v) is 14.6. The van der Waals surface area contributed by atoms with E-state index in [0.29, 0.717) is 35.3 Å². The van der Waals surface area contributed by atoms with Gasteiger partial charge in [-0.3, -0.25) is 10.3 Å². The van der Waals surface area contributed by atoms with Gasteiger partial charge in [-0.05, 0) is 66.1 Å². The number of likely N-dealkylation sites (tertiary alicyclic amines) is 1. The number of aliphatic hydroxyl groups is 1. The Morgan fingerprint density at radius 3 is 2.50 bits per heavy atom. The summed E-state index contributed by atoms with van der Waals surface area (Å²) >= 11 is 1.46. The highest BCUT2D eigenvalue weighted by atomic mass is 32.2. The lowest BCUT2D eigenvalue weighted by molar-refractivity contribution is -0.105. The maximum Gasteiger partial charge on any atom is 0.410 e. The average Bonchev–Trinajstić information content (AvgIpc) is 2.86. The molecule has 0 bridgehead atoms. The molecule has 13 heteroatoms. The quantitative estimate of drug-likeness (QED) is 0.194. The molecule has 1 fully saturated rings. The van der Waals surface area contributed by atoms with Crippen LogP contribution in [0.15, 0.2) is 17.3 Å². The summed E-state index contributed by atoms with van der Waals surface area (Å²) in [5.41, 5.74) is 0.497. The summed E-state index contributed by atoms with van der Waals surface area (Å²) in [5.74, 6) is 1.34. The highest BCUT2D eigenvalue weighted by molar-refractivity contribution is 8.14. The second-order valence-electron chi connectivity index (χ2n) is 10.7. The van der Waals surface area contributed by atoms with Crippen LogP contribution in [0, 0.1) is 5.92 Å². The van der Waals surface area contributed by atoms with Gasteiger partial charge in [0.25, 0.3) is 0 Å². The summed E-state index contributed by atoms with van der Waals surface area (Å²) in [6.07, 6.45) is 0.204. The molecule has 1 aliphatic rings. The molecular weight excluding hydrogens is 538 g/mol. The number of aliphatic imine (C=N–C) groups is 1. The normalized spacial score (nSPS) is 16.4. The highest BCUT2D eigenvalue weighted by Gasteiger charge is 2.27. The molecule has 0 aromatic carbocycles. The Kier molecular flexibility index (Phi) is 13.3. The van der Waals surface area contributed by atoms with Crippen LogP contribution < -0.4 is 15.4 Å². The number of methoxy groups -OCH3 is 1. The van der Waals surface area contributed by atoms with Gasteiger partial charge in [-0.2, -0.15) is 0 Å². The fourth-order valence-electron chi connectivity index (χ4n) is 3.80. The second-order valence-corrected chi connectivity index (χ2v) is 11.9. The molecule has 12 nitrogen and oxygen atoms in total. The fourth-order valence-corrected chi connectivity index (χ4v) is 4.60. The van der Waals surface area contributed by atoms with Crippen molar-refractivity contribution < 1.29 is 33.6 Å². The first kappa shape index (κ1) is 33.4. The molecule has 0 spiro atoms. The Labute approximate surface area is 241 Å². The number of aromatic nitrogens is 1. The summed E-state index contributed by atoms with van der Waals surface area (Å²) in [6.45, 7) is 14.3. The molecule has 1 saturated heterocycles. The Morgan fingerprint density at radius 2 is 1.93 bits per heavy atom. The van der Waals surface area contributed by atoms with Crippen molar-refractivity contribution in [2.45, 2.75) is 85.6 Å². The standard InChI is InChI=1S/C27H45N5O7S/c1-9-40-23(22-21(36-8)14-20(15-28-22)31-25(34)38-17(2)3)29-18(4)30-24(33)37-16-19-10-12-32(13-11-19)26(35)39-27(5,6)7/h14-15,17-19,25,31,34H,9-13,16H2,1-8H3,(H,30,33)/b29-23-. The monoisotopic (exact) mass is 583 g/mol. The third-order valence-corrected chi connectivity index (χ3v) is 6.46. The molecule has 2 rings (SSSR count). The van der Waals surface area contributed by atoms with Crippen molar-refractivity contribution >= 4 is 34.7 Å². The number of ether oxygens (including phenoxy) is 4.